The summed E-state index contributed by atoms with van der Waals surface area (Å²) in [6, 6.07) is 8.44. The number of aliphatic imine (C=N–C) groups is 1. The molecule has 0 spiro atoms. The second-order valence-corrected chi connectivity index (χ2v) is 5.86. The lowest BCUT2D eigenvalue weighted by Crippen LogP contribution is -2.38. The van der Waals surface area contributed by atoms with Gasteiger partial charge in [-0.2, -0.15) is 4.98 Å². The van der Waals surface area contributed by atoms with E-state index in [4.69, 9.17) is 9.52 Å². The van der Waals surface area contributed by atoms with Crippen LogP contribution in [0.15, 0.2) is 33.8 Å². The van der Waals surface area contributed by atoms with Crippen LogP contribution in [0, 0.1) is 13.8 Å². The lowest BCUT2D eigenvalue weighted by molar-refractivity contribution is 0.372. The summed E-state index contributed by atoms with van der Waals surface area (Å²) in [4.78, 5) is 11.1. The van der Waals surface area contributed by atoms with Gasteiger partial charge in [0.1, 0.15) is 0 Å². The van der Waals surface area contributed by atoms with Crippen LogP contribution < -0.4 is 5.32 Å². The molecule has 1 heterocycles. The summed E-state index contributed by atoms with van der Waals surface area (Å²) in [5.41, 5.74) is 2.61. The van der Waals surface area contributed by atoms with E-state index in [-0.39, 0.29) is 24.0 Å². The van der Waals surface area contributed by atoms with Crippen LogP contribution >= 0.6 is 24.0 Å². The smallest absolute Gasteiger partial charge is 0.226 e. The van der Waals surface area contributed by atoms with Crippen LogP contribution in [0.1, 0.15) is 36.2 Å². The molecule has 0 saturated carbocycles. The van der Waals surface area contributed by atoms with E-state index in [2.05, 4.69) is 65.5 Å². The number of benzene rings is 1. The molecule has 0 bridgehead atoms. The van der Waals surface area contributed by atoms with Gasteiger partial charge in [0.05, 0.1) is 0 Å². The standard InChI is InChI=1S/C18H27N5O.HI/c1-5-19-18(20-12-8-11-17-21-15(3)22-24-17)23(4)13-16-10-7-6-9-14(16)2;/h6-7,9-10H,5,8,11-13H2,1-4H3,(H,19,20);1H. The Morgan fingerprint density at radius 3 is 2.68 bits per heavy atom. The normalized spacial score (nSPS) is 11.1. The number of aryl methyl sites for hydroxylation is 3. The Morgan fingerprint density at radius 1 is 1.28 bits per heavy atom. The van der Waals surface area contributed by atoms with E-state index < -0.39 is 0 Å². The van der Waals surface area contributed by atoms with E-state index in [1.165, 1.54) is 11.1 Å². The van der Waals surface area contributed by atoms with Gasteiger partial charge in [0.25, 0.3) is 0 Å². The zero-order chi connectivity index (χ0) is 17.4. The molecule has 138 valence electrons. The molecule has 2 aromatic rings. The Hall–Kier alpha value is -1.64. The molecule has 0 unspecified atom stereocenters. The van der Waals surface area contributed by atoms with E-state index in [9.17, 15) is 0 Å². The lowest BCUT2D eigenvalue weighted by Gasteiger charge is -2.23. The summed E-state index contributed by atoms with van der Waals surface area (Å²) in [5.74, 6) is 2.28. The van der Waals surface area contributed by atoms with Crippen molar-refractivity contribution in [2.45, 2.75) is 40.2 Å². The molecule has 0 amide bonds. The Balaban J connectivity index is 0.00000312. The van der Waals surface area contributed by atoms with Crippen molar-refractivity contribution in [3.63, 3.8) is 0 Å². The van der Waals surface area contributed by atoms with E-state index >= 15 is 0 Å². The molecule has 25 heavy (non-hydrogen) atoms. The van der Waals surface area contributed by atoms with Crippen LogP contribution in [0.4, 0.5) is 0 Å². The molecule has 0 aliphatic rings. The quantitative estimate of drug-likeness (QED) is 0.299. The van der Waals surface area contributed by atoms with Crippen LogP contribution in [-0.2, 0) is 13.0 Å². The predicted molar refractivity (Wildman–Crippen MR) is 111 cm³/mol. The Bertz CT molecular complexity index is 671. The van der Waals surface area contributed by atoms with Crippen molar-refractivity contribution in [3.8, 4) is 0 Å². The summed E-state index contributed by atoms with van der Waals surface area (Å²) < 4.78 is 5.12. The summed E-state index contributed by atoms with van der Waals surface area (Å²) in [7, 11) is 2.06. The number of nitrogens with zero attached hydrogens (tertiary/aromatic N) is 4. The maximum atomic E-state index is 5.12. The zero-order valence-electron chi connectivity index (χ0n) is 15.5. The van der Waals surface area contributed by atoms with Gasteiger partial charge >= 0.3 is 0 Å². The number of hydrogen-bond acceptors (Lipinski definition) is 4. The number of rotatable bonds is 7. The van der Waals surface area contributed by atoms with Crippen LogP contribution in [0.3, 0.4) is 0 Å². The highest BCUT2D eigenvalue weighted by molar-refractivity contribution is 14.0. The zero-order valence-corrected chi connectivity index (χ0v) is 17.8. The first-order valence-corrected chi connectivity index (χ1v) is 8.43. The van der Waals surface area contributed by atoms with Crippen molar-refractivity contribution in [1.29, 1.82) is 0 Å². The van der Waals surface area contributed by atoms with Crippen LogP contribution in [-0.4, -0.2) is 41.1 Å². The summed E-state index contributed by atoms with van der Waals surface area (Å²) in [6.07, 6.45) is 1.64. The van der Waals surface area contributed by atoms with Gasteiger partial charge in [0, 0.05) is 33.1 Å². The third-order valence-corrected chi connectivity index (χ3v) is 3.75. The monoisotopic (exact) mass is 457 g/mol. The molecule has 0 aliphatic heterocycles. The second-order valence-electron chi connectivity index (χ2n) is 5.86. The highest BCUT2D eigenvalue weighted by Crippen LogP contribution is 2.09. The number of hydrogen-bond donors (Lipinski definition) is 1. The number of nitrogens with one attached hydrogen (secondary N) is 1. The summed E-state index contributed by atoms with van der Waals surface area (Å²) in [6.45, 7) is 8.45. The van der Waals surface area contributed by atoms with E-state index in [1.54, 1.807) is 0 Å². The predicted octanol–water partition coefficient (Wildman–Crippen LogP) is 3.33. The SMILES string of the molecule is CCNC(=NCCCc1nc(C)no1)N(C)Cc1ccccc1C.I. The fraction of sp³-hybridized carbons (Fsp3) is 0.500. The molecule has 0 saturated heterocycles. The van der Waals surface area contributed by atoms with Crippen molar-refractivity contribution >= 4 is 29.9 Å². The van der Waals surface area contributed by atoms with Crippen LogP contribution in [0.5, 0.6) is 0 Å². The molecule has 0 fully saturated rings. The second kappa shape index (κ2) is 11.1. The molecular weight excluding hydrogens is 429 g/mol. The van der Waals surface area contributed by atoms with Crippen molar-refractivity contribution in [2.24, 2.45) is 4.99 Å². The first-order chi connectivity index (χ1) is 11.6. The highest BCUT2D eigenvalue weighted by atomic mass is 127. The molecule has 2 rings (SSSR count). The Labute approximate surface area is 167 Å². The van der Waals surface area contributed by atoms with Gasteiger partial charge in [0.2, 0.25) is 5.89 Å². The molecule has 0 radical (unpaired) electrons. The van der Waals surface area contributed by atoms with Crippen LogP contribution in [0.2, 0.25) is 0 Å². The minimum absolute atomic E-state index is 0. The van der Waals surface area contributed by atoms with E-state index in [1.807, 2.05) is 6.92 Å². The van der Waals surface area contributed by atoms with Crippen molar-refractivity contribution in [1.82, 2.24) is 20.4 Å². The minimum atomic E-state index is 0. The van der Waals surface area contributed by atoms with E-state index in [0.717, 1.165) is 38.4 Å². The number of guanidine groups is 1. The summed E-state index contributed by atoms with van der Waals surface area (Å²) in [5, 5.41) is 7.15. The molecule has 1 N–H and O–H groups in total. The van der Waals surface area contributed by atoms with Gasteiger partial charge in [0.15, 0.2) is 11.8 Å². The third kappa shape index (κ3) is 7.01. The van der Waals surface area contributed by atoms with Crippen molar-refractivity contribution in [3.05, 3.63) is 47.1 Å². The first-order valence-electron chi connectivity index (χ1n) is 8.43. The van der Waals surface area contributed by atoms with Gasteiger partial charge in [-0.05, 0) is 38.3 Å². The fourth-order valence-corrected chi connectivity index (χ4v) is 2.44. The third-order valence-electron chi connectivity index (χ3n) is 3.75. The lowest BCUT2D eigenvalue weighted by atomic mass is 10.1. The Morgan fingerprint density at radius 2 is 2.04 bits per heavy atom. The number of aromatic nitrogens is 2. The van der Waals surface area contributed by atoms with Crippen molar-refractivity contribution < 1.29 is 4.52 Å². The van der Waals surface area contributed by atoms with Crippen LogP contribution in [0.25, 0.3) is 0 Å². The van der Waals surface area contributed by atoms with Gasteiger partial charge in [-0.3, -0.25) is 4.99 Å². The highest BCUT2D eigenvalue weighted by Gasteiger charge is 2.08. The fourth-order valence-electron chi connectivity index (χ4n) is 2.44. The molecular formula is C18H28IN5O. The number of halogens is 1. The molecule has 1 aromatic heterocycles. The average molecular weight is 457 g/mol. The molecule has 1 aromatic carbocycles. The molecule has 7 heteroatoms. The minimum Gasteiger partial charge on any atom is -0.357 e. The van der Waals surface area contributed by atoms with Gasteiger partial charge in [-0.1, -0.05) is 29.4 Å². The first kappa shape index (κ1) is 21.4. The largest absolute Gasteiger partial charge is 0.357 e. The molecule has 6 nitrogen and oxygen atoms in total. The molecule has 0 atom stereocenters. The van der Waals surface area contributed by atoms with Gasteiger partial charge in [-0.15, -0.1) is 24.0 Å². The topological polar surface area (TPSA) is 66.5 Å². The van der Waals surface area contributed by atoms with Gasteiger partial charge in [-0.25, -0.2) is 0 Å². The van der Waals surface area contributed by atoms with Crippen molar-refractivity contribution in [2.75, 3.05) is 20.1 Å². The maximum Gasteiger partial charge on any atom is 0.226 e. The molecule has 0 aliphatic carbocycles. The van der Waals surface area contributed by atoms with E-state index in [0.29, 0.717) is 11.7 Å². The summed E-state index contributed by atoms with van der Waals surface area (Å²) >= 11 is 0. The average Bonchev–Trinajstić information content (AvgIpc) is 2.98. The van der Waals surface area contributed by atoms with Gasteiger partial charge < -0.3 is 14.7 Å². The maximum absolute atomic E-state index is 5.12. The Kier molecular flexibility index (Phi) is 9.48.